The Morgan fingerprint density at radius 1 is 1.17 bits per heavy atom. The predicted octanol–water partition coefficient (Wildman–Crippen LogP) is 0.937. The van der Waals surface area contributed by atoms with Gasteiger partial charge in [0.15, 0.2) is 0 Å². The Morgan fingerprint density at radius 2 is 1.78 bits per heavy atom. The second kappa shape index (κ2) is 5.69. The predicted molar refractivity (Wildman–Crippen MR) is 74.4 cm³/mol. The Morgan fingerprint density at radius 3 is 2.33 bits per heavy atom. The zero-order valence-corrected chi connectivity index (χ0v) is 10.7. The molecule has 1 aromatic carbocycles. The topological polar surface area (TPSA) is 49.6 Å². The van der Waals surface area contributed by atoms with Gasteiger partial charge in [-0.3, -0.25) is 4.79 Å². The molecule has 2 rings (SSSR count). The molecule has 18 heavy (non-hydrogen) atoms. The number of benzene rings is 1. The molecule has 0 atom stereocenters. The lowest BCUT2D eigenvalue weighted by molar-refractivity contribution is -0.113. The summed E-state index contributed by atoms with van der Waals surface area (Å²) in [6.07, 6.45) is 3.11. The Bertz CT molecular complexity index is 431. The molecule has 1 aliphatic heterocycles. The molecule has 0 aliphatic carbocycles. The molecule has 0 aromatic heterocycles. The molecule has 96 valence electrons. The first-order chi connectivity index (χ1) is 8.65. The van der Waals surface area contributed by atoms with E-state index in [2.05, 4.69) is 29.0 Å². The molecule has 0 saturated carbocycles. The summed E-state index contributed by atoms with van der Waals surface area (Å²) in [7, 11) is 2.15. The first-order valence-electron chi connectivity index (χ1n) is 6.16. The number of anilines is 1. The molecular formula is C14H19N3O. The molecule has 1 aliphatic rings. The van der Waals surface area contributed by atoms with Crippen molar-refractivity contribution < 1.29 is 4.79 Å². The maximum Gasteiger partial charge on any atom is 0.241 e. The molecule has 1 fully saturated rings. The number of piperazine rings is 1. The molecule has 0 bridgehead atoms. The van der Waals surface area contributed by atoms with Crippen molar-refractivity contribution in [2.24, 2.45) is 5.73 Å². The van der Waals surface area contributed by atoms with Crippen LogP contribution in [0.15, 0.2) is 30.3 Å². The zero-order chi connectivity index (χ0) is 13.0. The second-order valence-electron chi connectivity index (χ2n) is 4.62. The molecular weight excluding hydrogens is 226 g/mol. The van der Waals surface area contributed by atoms with E-state index in [9.17, 15) is 4.79 Å². The van der Waals surface area contributed by atoms with Gasteiger partial charge < -0.3 is 15.5 Å². The van der Waals surface area contributed by atoms with Gasteiger partial charge in [0.1, 0.15) is 0 Å². The van der Waals surface area contributed by atoms with Gasteiger partial charge in [0.25, 0.3) is 0 Å². The Kier molecular flexibility index (Phi) is 3.99. The van der Waals surface area contributed by atoms with Crippen molar-refractivity contribution in [1.29, 1.82) is 0 Å². The van der Waals surface area contributed by atoms with E-state index in [0.29, 0.717) is 0 Å². The number of carbonyl (C=O) groups excluding carboxylic acids is 1. The fraction of sp³-hybridized carbons (Fsp3) is 0.357. The van der Waals surface area contributed by atoms with E-state index in [1.807, 2.05) is 12.1 Å². The summed E-state index contributed by atoms with van der Waals surface area (Å²) >= 11 is 0. The maximum absolute atomic E-state index is 10.6. The standard InChI is InChI=1S/C14H19N3O/c1-16-8-10-17(11-9-16)13-5-2-12(3-6-13)4-7-14(15)18/h2-7H,8-11H2,1H3,(H2,15,18)/b7-4-. The zero-order valence-electron chi connectivity index (χ0n) is 10.7. The van der Waals surface area contributed by atoms with Crippen LogP contribution in [0.2, 0.25) is 0 Å². The number of amides is 1. The minimum absolute atomic E-state index is 0.418. The van der Waals surface area contributed by atoms with Gasteiger partial charge in [-0.2, -0.15) is 0 Å². The molecule has 0 unspecified atom stereocenters. The highest BCUT2D eigenvalue weighted by atomic mass is 16.1. The van der Waals surface area contributed by atoms with Crippen molar-refractivity contribution in [2.45, 2.75) is 0 Å². The van der Waals surface area contributed by atoms with Gasteiger partial charge in [0, 0.05) is 37.9 Å². The highest BCUT2D eigenvalue weighted by Gasteiger charge is 2.13. The van der Waals surface area contributed by atoms with Crippen molar-refractivity contribution in [3.05, 3.63) is 35.9 Å². The van der Waals surface area contributed by atoms with Gasteiger partial charge in [0.2, 0.25) is 5.91 Å². The number of hydrogen-bond acceptors (Lipinski definition) is 3. The highest BCUT2D eigenvalue weighted by molar-refractivity contribution is 5.90. The number of hydrogen-bond donors (Lipinski definition) is 1. The van der Waals surface area contributed by atoms with Gasteiger partial charge in [-0.15, -0.1) is 0 Å². The summed E-state index contributed by atoms with van der Waals surface area (Å²) in [5.41, 5.74) is 7.29. The molecule has 2 N–H and O–H groups in total. The number of nitrogens with zero attached hydrogens (tertiary/aromatic N) is 2. The van der Waals surface area contributed by atoms with Crippen LogP contribution in [0, 0.1) is 0 Å². The van der Waals surface area contributed by atoms with Gasteiger partial charge >= 0.3 is 0 Å². The number of primary amides is 1. The third-order valence-electron chi connectivity index (χ3n) is 3.20. The summed E-state index contributed by atoms with van der Waals surface area (Å²) < 4.78 is 0. The van der Waals surface area contributed by atoms with Crippen molar-refractivity contribution >= 4 is 17.7 Å². The average molecular weight is 245 g/mol. The molecule has 1 amide bonds. The quantitative estimate of drug-likeness (QED) is 0.806. The van der Waals surface area contributed by atoms with E-state index in [-0.39, 0.29) is 0 Å². The van der Waals surface area contributed by atoms with Gasteiger partial charge in [-0.05, 0) is 30.8 Å². The van der Waals surface area contributed by atoms with E-state index >= 15 is 0 Å². The molecule has 0 spiro atoms. The van der Waals surface area contributed by atoms with Crippen LogP contribution in [0.25, 0.3) is 6.08 Å². The minimum Gasteiger partial charge on any atom is -0.369 e. The van der Waals surface area contributed by atoms with E-state index in [1.54, 1.807) is 6.08 Å². The second-order valence-corrected chi connectivity index (χ2v) is 4.62. The van der Waals surface area contributed by atoms with E-state index < -0.39 is 5.91 Å². The van der Waals surface area contributed by atoms with E-state index in [4.69, 9.17) is 5.73 Å². The molecule has 4 heteroatoms. The lowest BCUT2D eigenvalue weighted by Gasteiger charge is -2.34. The Hall–Kier alpha value is -1.81. The van der Waals surface area contributed by atoms with E-state index in [1.165, 1.54) is 11.8 Å². The molecule has 1 saturated heterocycles. The normalized spacial score (nSPS) is 17.3. The largest absolute Gasteiger partial charge is 0.369 e. The molecule has 1 heterocycles. The van der Waals surface area contributed by atoms with Crippen molar-refractivity contribution in [2.75, 3.05) is 38.1 Å². The Balaban J connectivity index is 2.01. The first-order valence-corrected chi connectivity index (χ1v) is 6.16. The van der Waals surface area contributed by atoms with Crippen LogP contribution < -0.4 is 10.6 Å². The lowest BCUT2D eigenvalue weighted by atomic mass is 10.1. The van der Waals surface area contributed by atoms with Crippen LogP contribution in [-0.4, -0.2) is 44.0 Å². The number of nitrogens with two attached hydrogens (primary N) is 1. The Labute approximate surface area is 108 Å². The van der Waals surface area contributed by atoms with Crippen LogP contribution in [0.4, 0.5) is 5.69 Å². The fourth-order valence-electron chi connectivity index (χ4n) is 2.04. The fourth-order valence-corrected chi connectivity index (χ4v) is 2.04. The van der Waals surface area contributed by atoms with Gasteiger partial charge in [-0.1, -0.05) is 12.1 Å². The van der Waals surface area contributed by atoms with Crippen LogP contribution >= 0.6 is 0 Å². The summed E-state index contributed by atoms with van der Waals surface area (Å²) in [6, 6.07) is 8.19. The number of carbonyl (C=O) groups is 1. The molecule has 4 nitrogen and oxygen atoms in total. The molecule has 1 aromatic rings. The maximum atomic E-state index is 10.6. The van der Waals surface area contributed by atoms with Crippen LogP contribution in [0.3, 0.4) is 0 Å². The lowest BCUT2D eigenvalue weighted by Crippen LogP contribution is -2.44. The minimum atomic E-state index is -0.418. The van der Waals surface area contributed by atoms with Crippen molar-refractivity contribution in [3.63, 3.8) is 0 Å². The first kappa shape index (κ1) is 12.6. The average Bonchev–Trinajstić information content (AvgIpc) is 2.38. The van der Waals surface area contributed by atoms with Crippen LogP contribution in [0.5, 0.6) is 0 Å². The smallest absolute Gasteiger partial charge is 0.241 e. The summed E-state index contributed by atoms with van der Waals surface area (Å²) in [5, 5.41) is 0. The SMILES string of the molecule is CN1CCN(c2ccc(/C=C\C(N)=O)cc2)CC1. The van der Waals surface area contributed by atoms with Crippen LogP contribution in [-0.2, 0) is 4.79 Å². The van der Waals surface area contributed by atoms with E-state index in [0.717, 1.165) is 31.7 Å². The number of likely N-dealkylation sites (N-methyl/N-ethyl adjacent to an activating group) is 1. The van der Waals surface area contributed by atoms with Crippen LogP contribution in [0.1, 0.15) is 5.56 Å². The summed E-state index contributed by atoms with van der Waals surface area (Å²) in [4.78, 5) is 15.4. The third-order valence-corrected chi connectivity index (χ3v) is 3.20. The van der Waals surface area contributed by atoms with Crippen molar-refractivity contribution in [3.8, 4) is 0 Å². The monoisotopic (exact) mass is 245 g/mol. The third kappa shape index (κ3) is 3.34. The van der Waals surface area contributed by atoms with Gasteiger partial charge in [-0.25, -0.2) is 0 Å². The number of rotatable bonds is 3. The summed E-state index contributed by atoms with van der Waals surface area (Å²) in [5.74, 6) is -0.418. The van der Waals surface area contributed by atoms with Gasteiger partial charge in [0.05, 0.1) is 0 Å². The molecule has 0 radical (unpaired) electrons. The summed E-state index contributed by atoms with van der Waals surface area (Å²) in [6.45, 7) is 4.33. The van der Waals surface area contributed by atoms with Crippen molar-refractivity contribution in [1.82, 2.24) is 4.90 Å². The highest BCUT2D eigenvalue weighted by Crippen LogP contribution is 2.17.